The second-order valence-electron chi connectivity index (χ2n) is 10.5. The summed E-state index contributed by atoms with van der Waals surface area (Å²) in [7, 11) is 2.66. The van der Waals surface area contributed by atoms with Crippen LogP contribution in [0.25, 0.3) is 11.1 Å². The van der Waals surface area contributed by atoms with Crippen molar-refractivity contribution >= 4 is 17.8 Å². The highest BCUT2D eigenvalue weighted by molar-refractivity contribution is 5.97. The maximum Gasteiger partial charge on any atom is 0.307 e. The van der Waals surface area contributed by atoms with E-state index < -0.39 is 53.5 Å². The Morgan fingerprint density at radius 2 is 1.73 bits per heavy atom. The molecule has 0 unspecified atom stereocenters. The van der Waals surface area contributed by atoms with Gasteiger partial charge in [-0.05, 0) is 72.7 Å². The minimum absolute atomic E-state index is 0.135. The summed E-state index contributed by atoms with van der Waals surface area (Å²) in [6.07, 6.45) is 3.06. The summed E-state index contributed by atoms with van der Waals surface area (Å²) < 4.78 is 36.3. The van der Waals surface area contributed by atoms with Crippen molar-refractivity contribution in [2.24, 2.45) is 13.0 Å². The number of aryl methyl sites for hydroxylation is 3. The van der Waals surface area contributed by atoms with Crippen molar-refractivity contribution in [3.05, 3.63) is 92.9 Å². The normalized spacial score (nSPS) is 14.2. The largest absolute Gasteiger partial charge is 0.469 e. The van der Waals surface area contributed by atoms with E-state index in [-0.39, 0.29) is 23.5 Å². The van der Waals surface area contributed by atoms with Gasteiger partial charge in [0.1, 0.15) is 11.6 Å². The smallest absolute Gasteiger partial charge is 0.307 e. The summed E-state index contributed by atoms with van der Waals surface area (Å²) in [5.74, 6) is -4.32. The Morgan fingerprint density at radius 1 is 1.05 bits per heavy atom. The van der Waals surface area contributed by atoms with E-state index in [9.17, 15) is 23.6 Å². The van der Waals surface area contributed by atoms with Crippen LogP contribution in [0.3, 0.4) is 0 Å². The number of nitrogens with one attached hydrogen (secondary N) is 2. The van der Waals surface area contributed by atoms with Gasteiger partial charge in [-0.3, -0.25) is 19.2 Å². The number of amides is 2. The van der Waals surface area contributed by atoms with Crippen LogP contribution >= 0.6 is 0 Å². The SMILES string of the molecule is COC(=O)C[C@H](NC(=O)[C@H](CC1CC1)NC(=O)c1cccn(C)c1=O)c1cc(-c2c(C)cccc2C)cc(F)c1F. The molecule has 0 aliphatic heterocycles. The van der Waals surface area contributed by atoms with Crippen molar-refractivity contribution in [1.82, 2.24) is 15.2 Å². The first-order valence-corrected chi connectivity index (χ1v) is 13.4. The van der Waals surface area contributed by atoms with Gasteiger partial charge in [-0.15, -0.1) is 0 Å². The molecule has 4 rings (SSSR count). The van der Waals surface area contributed by atoms with E-state index >= 15 is 4.39 Å². The molecule has 2 N–H and O–H groups in total. The number of carbonyl (C=O) groups is 3. The Labute approximate surface area is 236 Å². The molecule has 0 radical (unpaired) electrons. The molecule has 1 saturated carbocycles. The van der Waals surface area contributed by atoms with Gasteiger partial charge in [-0.1, -0.05) is 31.0 Å². The molecular formula is C31H33F2N3O5. The van der Waals surface area contributed by atoms with Gasteiger partial charge in [0.25, 0.3) is 11.5 Å². The third kappa shape index (κ3) is 6.87. The average molecular weight is 566 g/mol. The number of rotatable bonds is 10. The summed E-state index contributed by atoms with van der Waals surface area (Å²) in [5.41, 5.74) is 1.89. The minimum Gasteiger partial charge on any atom is -0.469 e. The van der Waals surface area contributed by atoms with E-state index in [4.69, 9.17) is 4.74 Å². The molecule has 3 aromatic rings. The van der Waals surface area contributed by atoms with Crippen molar-refractivity contribution in [2.75, 3.05) is 7.11 Å². The highest BCUT2D eigenvalue weighted by Gasteiger charge is 2.33. The summed E-state index contributed by atoms with van der Waals surface area (Å²) in [6, 6.07) is 8.59. The minimum atomic E-state index is -1.29. The lowest BCUT2D eigenvalue weighted by Crippen LogP contribution is -2.49. The first kappa shape index (κ1) is 29.6. The Bertz CT molecular complexity index is 1530. The summed E-state index contributed by atoms with van der Waals surface area (Å²) in [6.45, 7) is 3.70. The van der Waals surface area contributed by atoms with E-state index in [1.54, 1.807) is 6.07 Å². The van der Waals surface area contributed by atoms with Crippen LogP contribution in [0.15, 0.2) is 53.5 Å². The van der Waals surface area contributed by atoms with Crippen molar-refractivity contribution in [2.45, 2.75) is 51.6 Å². The fourth-order valence-electron chi connectivity index (χ4n) is 4.96. The second-order valence-corrected chi connectivity index (χ2v) is 10.5. The van der Waals surface area contributed by atoms with Gasteiger partial charge in [0.05, 0.1) is 19.6 Å². The Kier molecular flexibility index (Phi) is 9.00. The molecule has 1 fully saturated rings. The van der Waals surface area contributed by atoms with Gasteiger partial charge in [0.15, 0.2) is 11.6 Å². The topological polar surface area (TPSA) is 106 Å². The molecular weight excluding hydrogens is 532 g/mol. The molecule has 41 heavy (non-hydrogen) atoms. The molecule has 2 atom stereocenters. The first-order chi connectivity index (χ1) is 19.5. The lowest BCUT2D eigenvalue weighted by molar-refractivity contribution is -0.141. The van der Waals surface area contributed by atoms with E-state index in [1.165, 1.54) is 29.9 Å². The van der Waals surface area contributed by atoms with Gasteiger partial charge in [-0.2, -0.15) is 0 Å². The fourth-order valence-corrected chi connectivity index (χ4v) is 4.96. The molecule has 2 amide bonds. The number of hydrogen-bond acceptors (Lipinski definition) is 5. The van der Waals surface area contributed by atoms with Crippen LogP contribution in [0.4, 0.5) is 8.78 Å². The number of pyridine rings is 1. The van der Waals surface area contributed by atoms with Crippen molar-refractivity contribution in [3.8, 4) is 11.1 Å². The van der Waals surface area contributed by atoms with E-state index in [2.05, 4.69) is 10.6 Å². The number of ether oxygens (including phenoxy) is 1. The van der Waals surface area contributed by atoms with Crippen LogP contribution in [-0.4, -0.2) is 35.5 Å². The van der Waals surface area contributed by atoms with Gasteiger partial charge in [0.2, 0.25) is 5.91 Å². The van der Waals surface area contributed by atoms with Crippen LogP contribution in [0.5, 0.6) is 0 Å². The predicted molar refractivity (Wildman–Crippen MR) is 149 cm³/mol. The Morgan fingerprint density at radius 3 is 2.37 bits per heavy atom. The van der Waals surface area contributed by atoms with E-state index in [1.807, 2.05) is 32.0 Å². The molecule has 1 aliphatic rings. The highest BCUT2D eigenvalue weighted by atomic mass is 19.2. The predicted octanol–water partition coefficient (Wildman–Crippen LogP) is 4.27. The first-order valence-electron chi connectivity index (χ1n) is 13.4. The summed E-state index contributed by atoms with van der Waals surface area (Å²) in [5, 5.41) is 5.27. The quantitative estimate of drug-likeness (QED) is 0.357. The number of methoxy groups -OCH3 is 1. The van der Waals surface area contributed by atoms with E-state index in [0.29, 0.717) is 11.1 Å². The zero-order valence-corrected chi connectivity index (χ0v) is 23.4. The molecule has 0 bridgehead atoms. The molecule has 0 saturated heterocycles. The summed E-state index contributed by atoms with van der Waals surface area (Å²) in [4.78, 5) is 51.3. The molecule has 216 valence electrons. The third-order valence-electron chi connectivity index (χ3n) is 7.37. The van der Waals surface area contributed by atoms with Crippen molar-refractivity contribution in [3.63, 3.8) is 0 Å². The zero-order valence-electron chi connectivity index (χ0n) is 23.4. The number of carbonyl (C=O) groups excluding carboxylic acids is 3. The van der Waals surface area contributed by atoms with Crippen LogP contribution in [-0.2, 0) is 21.4 Å². The maximum atomic E-state index is 15.3. The second kappa shape index (κ2) is 12.4. The Hall–Kier alpha value is -4.34. The number of benzene rings is 2. The van der Waals surface area contributed by atoms with Gasteiger partial charge in [0, 0.05) is 18.8 Å². The fraction of sp³-hybridized carbons (Fsp3) is 0.355. The average Bonchev–Trinajstić information content (AvgIpc) is 3.75. The maximum absolute atomic E-state index is 15.3. The van der Waals surface area contributed by atoms with Crippen molar-refractivity contribution in [1.29, 1.82) is 0 Å². The lowest BCUT2D eigenvalue weighted by atomic mass is 9.92. The molecule has 8 nitrogen and oxygen atoms in total. The molecule has 2 aromatic carbocycles. The van der Waals surface area contributed by atoms with Crippen LogP contribution < -0.4 is 16.2 Å². The third-order valence-corrected chi connectivity index (χ3v) is 7.37. The zero-order chi connectivity index (χ0) is 29.8. The molecule has 1 aromatic heterocycles. The molecule has 1 aliphatic carbocycles. The van der Waals surface area contributed by atoms with Gasteiger partial charge < -0.3 is 19.9 Å². The van der Waals surface area contributed by atoms with E-state index in [0.717, 1.165) is 37.1 Å². The van der Waals surface area contributed by atoms with Crippen LogP contribution in [0.2, 0.25) is 0 Å². The standard InChI is InChI=1S/C31H33F2N3O5/c1-17-7-5-8-18(2)27(17)20-14-22(28(33)23(32)15-20)24(16-26(37)41-4)34-30(39)25(13-19-10-11-19)35-29(38)21-9-6-12-36(3)31(21)40/h5-9,12,14-15,19,24-25H,10-11,13,16H2,1-4H3,(H,34,39)(H,35,38)/t24-,25-/m0/s1. The van der Waals surface area contributed by atoms with Gasteiger partial charge in [-0.25, -0.2) is 8.78 Å². The molecule has 0 spiro atoms. The number of halogens is 2. The monoisotopic (exact) mass is 565 g/mol. The summed E-state index contributed by atoms with van der Waals surface area (Å²) >= 11 is 0. The van der Waals surface area contributed by atoms with Gasteiger partial charge >= 0.3 is 5.97 Å². The van der Waals surface area contributed by atoms with Crippen LogP contribution in [0, 0.1) is 31.4 Å². The number of nitrogens with zero attached hydrogens (tertiary/aromatic N) is 1. The highest BCUT2D eigenvalue weighted by Crippen LogP contribution is 2.35. The van der Waals surface area contributed by atoms with Crippen molar-refractivity contribution < 1.29 is 27.9 Å². The van der Waals surface area contributed by atoms with Crippen LogP contribution in [0.1, 0.15) is 58.8 Å². The Balaban J connectivity index is 1.68. The number of hydrogen-bond donors (Lipinski definition) is 2. The molecule has 1 heterocycles. The number of aromatic nitrogens is 1. The molecule has 10 heteroatoms. The lowest BCUT2D eigenvalue weighted by Gasteiger charge is -2.24. The number of esters is 1.